The fourth-order valence-electron chi connectivity index (χ4n) is 2.56. The molecule has 0 unspecified atom stereocenters. The monoisotopic (exact) mass is 318 g/mol. The van der Waals surface area contributed by atoms with Gasteiger partial charge in [0.2, 0.25) is 0 Å². The summed E-state index contributed by atoms with van der Waals surface area (Å²) in [4.78, 5) is 19.9. The number of nitrogens with one attached hydrogen (secondary N) is 1. The van der Waals surface area contributed by atoms with Gasteiger partial charge in [-0.15, -0.1) is 11.3 Å². The molecule has 23 heavy (non-hydrogen) atoms. The summed E-state index contributed by atoms with van der Waals surface area (Å²) in [7, 11) is 0. The summed E-state index contributed by atoms with van der Waals surface area (Å²) in [5.74, 6) is 0. The zero-order valence-electron chi connectivity index (χ0n) is 12.5. The molecule has 0 amide bonds. The number of benzene rings is 2. The minimum Gasteiger partial charge on any atom is -0.321 e. The van der Waals surface area contributed by atoms with Gasteiger partial charge in [-0.2, -0.15) is 0 Å². The number of rotatable bonds is 2. The Balaban J connectivity index is 1.81. The van der Waals surface area contributed by atoms with Crippen LogP contribution < -0.4 is 5.56 Å². The van der Waals surface area contributed by atoms with Crippen LogP contribution >= 0.6 is 11.3 Å². The second kappa shape index (κ2) is 5.48. The average Bonchev–Trinajstić information content (AvgIpc) is 3.04. The molecule has 0 radical (unpaired) electrons. The van der Waals surface area contributed by atoms with Gasteiger partial charge in [0, 0.05) is 16.5 Å². The first-order valence-corrected chi connectivity index (χ1v) is 8.24. The van der Waals surface area contributed by atoms with Gasteiger partial charge < -0.3 is 4.98 Å². The largest absolute Gasteiger partial charge is 0.321 e. The van der Waals surface area contributed by atoms with Crippen molar-refractivity contribution in [3.05, 3.63) is 75.9 Å². The third-order valence-corrected chi connectivity index (χ3v) is 4.72. The van der Waals surface area contributed by atoms with E-state index in [4.69, 9.17) is 0 Å². The van der Waals surface area contributed by atoms with Gasteiger partial charge in [-0.05, 0) is 24.4 Å². The van der Waals surface area contributed by atoms with Crippen LogP contribution in [0.25, 0.3) is 32.7 Å². The number of H-pyrrole nitrogens is 1. The number of aromatic amines is 1. The summed E-state index contributed by atoms with van der Waals surface area (Å²) in [5.41, 5.74) is 4.36. The van der Waals surface area contributed by atoms with Gasteiger partial charge in [0.05, 0.1) is 11.3 Å². The number of nitrogens with zero attached hydrogens (tertiary/aromatic N) is 1. The van der Waals surface area contributed by atoms with Crippen molar-refractivity contribution in [2.45, 2.75) is 6.92 Å². The maximum absolute atomic E-state index is 12.3. The lowest BCUT2D eigenvalue weighted by Crippen LogP contribution is -2.08. The molecule has 4 aromatic rings. The topological polar surface area (TPSA) is 45.8 Å². The molecule has 0 saturated carbocycles. The van der Waals surface area contributed by atoms with Crippen molar-refractivity contribution in [3.8, 4) is 21.8 Å². The number of para-hydroxylation sites is 1. The number of fused-ring (bicyclic) bond motifs is 1. The molecule has 2 heterocycles. The molecule has 112 valence electrons. The smallest absolute Gasteiger partial charge is 0.257 e. The van der Waals surface area contributed by atoms with Gasteiger partial charge in [0.15, 0.2) is 0 Å². The Labute approximate surface area is 137 Å². The molecule has 0 spiro atoms. The number of hydrogen-bond donors (Lipinski definition) is 1. The molecule has 0 saturated heterocycles. The van der Waals surface area contributed by atoms with Crippen molar-refractivity contribution in [1.82, 2.24) is 9.97 Å². The van der Waals surface area contributed by atoms with E-state index in [1.807, 2.05) is 35.7 Å². The molecule has 2 aromatic heterocycles. The molecule has 2 aromatic carbocycles. The first-order chi connectivity index (χ1) is 11.2. The van der Waals surface area contributed by atoms with Gasteiger partial charge in [-0.25, -0.2) is 4.98 Å². The summed E-state index contributed by atoms with van der Waals surface area (Å²) in [6, 6.07) is 17.9. The van der Waals surface area contributed by atoms with E-state index >= 15 is 0 Å². The van der Waals surface area contributed by atoms with E-state index in [0.29, 0.717) is 5.56 Å². The lowest BCUT2D eigenvalue weighted by atomic mass is 10.1. The Morgan fingerprint density at radius 1 is 1.04 bits per heavy atom. The van der Waals surface area contributed by atoms with Crippen LogP contribution in [0.15, 0.2) is 64.8 Å². The quantitative estimate of drug-likeness (QED) is 0.586. The van der Waals surface area contributed by atoms with E-state index in [1.165, 1.54) is 5.56 Å². The van der Waals surface area contributed by atoms with Crippen molar-refractivity contribution in [3.63, 3.8) is 0 Å². The van der Waals surface area contributed by atoms with E-state index in [-0.39, 0.29) is 5.56 Å². The van der Waals surface area contributed by atoms with E-state index in [2.05, 4.69) is 41.2 Å². The number of aryl methyl sites for hydroxylation is 1. The predicted molar refractivity (Wildman–Crippen MR) is 95.8 cm³/mol. The number of thiazole rings is 1. The van der Waals surface area contributed by atoms with Crippen LogP contribution in [0.2, 0.25) is 0 Å². The minimum absolute atomic E-state index is 0.107. The number of pyridine rings is 1. The highest BCUT2D eigenvalue weighted by Gasteiger charge is 2.10. The lowest BCUT2D eigenvalue weighted by Gasteiger charge is -2.01. The van der Waals surface area contributed by atoms with Crippen LogP contribution in [0.1, 0.15) is 5.56 Å². The first-order valence-electron chi connectivity index (χ1n) is 7.36. The Kier molecular flexibility index (Phi) is 3.32. The van der Waals surface area contributed by atoms with E-state index in [0.717, 1.165) is 27.2 Å². The van der Waals surface area contributed by atoms with Gasteiger partial charge >= 0.3 is 0 Å². The fourth-order valence-corrected chi connectivity index (χ4v) is 3.39. The molecule has 0 atom stereocenters. The first kappa shape index (κ1) is 13.9. The maximum atomic E-state index is 12.3. The second-order valence-corrected chi connectivity index (χ2v) is 6.36. The second-order valence-electron chi connectivity index (χ2n) is 5.50. The van der Waals surface area contributed by atoms with Crippen LogP contribution in [0.5, 0.6) is 0 Å². The fraction of sp³-hybridized carbons (Fsp3) is 0.0526. The third-order valence-electron chi connectivity index (χ3n) is 3.83. The standard InChI is InChI=1S/C19H14N2OS/c1-12-6-8-13(9-7-12)19-21-17(11-23-19)15-10-14-4-2-3-5-16(14)20-18(15)22/h2-11H,1H3,(H,20,22). The molecule has 0 fully saturated rings. The zero-order chi connectivity index (χ0) is 15.8. The average molecular weight is 318 g/mol. The van der Waals surface area contributed by atoms with Crippen LogP contribution in [0, 0.1) is 6.92 Å². The SMILES string of the molecule is Cc1ccc(-c2nc(-c3cc4ccccc4[nH]c3=O)cs2)cc1. The molecule has 0 bridgehead atoms. The summed E-state index contributed by atoms with van der Waals surface area (Å²) in [6.45, 7) is 2.06. The van der Waals surface area contributed by atoms with Crippen LogP contribution in [0.4, 0.5) is 0 Å². The molecular weight excluding hydrogens is 304 g/mol. The highest BCUT2D eigenvalue weighted by atomic mass is 32.1. The predicted octanol–water partition coefficient (Wildman–Crippen LogP) is 4.63. The van der Waals surface area contributed by atoms with Gasteiger partial charge in [-0.1, -0.05) is 48.0 Å². The van der Waals surface area contributed by atoms with Crippen molar-refractivity contribution >= 4 is 22.2 Å². The molecule has 4 heteroatoms. The van der Waals surface area contributed by atoms with E-state index in [9.17, 15) is 4.79 Å². The van der Waals surface area contributed by atoms with Gasteiger partial charge in [-0.3, -0.25) is 4.79 Å². The maximum Gasteiger partial charge on any atom is 0.257 e. The van der Waals surface area contributed by atoms with Gasteiger partial charge in [0.1, 0.15) is 5.01 Å². The minimum atomic E-state index is -0.107. The highest BCUT2D eigenvalue weighted by molar-refractivity contribution is 7.13. The Bertz CT molecular complexity index is 1040. The zero-order valence-corrected chi connectivity index (χ0v) is 13.4. The molecular formula is C19H14N2OS. The molecule has 1 N–H and O–H groups in total. The summed E-state index contributed by atoms with van der Waals surface area (Å²) >= 11 is 1.55. The van der Waals surface area contributed by atoms with E-state index < -0.39 is 0 Å². The normalized spacial score (nSPS) is 11.0. The molecule has 0 aliphatic heterocycles. The van der Waals surface area contributed by atoms with Crippen molar-refractivity contribution in [1.29, 1.82) is 0 Å². The summed E-state index contributed by atoms with van der Waals surface area (Å²) in [6.07, 6.45) is 0. The van der Waals surface area contributed by atoms with Crippen molar-refractivity contribution in [2.75, 3.05) is 0 Å². The summed E-state index contributed by atoms with van der Waals surface area (Å²) in [5, 5.41) is 3.87. The van der Waals surface area contributed by atoms with Crippen LogP contribution in [-0.2, 0) is 0 Å². The summed E-state index contributed by atoms with van der Waals surface area (Å²) < 4.78 is 0. The number of hydrogen-bond acceptors (Lipinski definition) is 3. The molecule has 3 nitrogen and oxygen atoms in total. The Morgan fingerprint density at radius 2 is 1.83 bits per heavy atom. The van der Waals surface area contributed by atoms with Crippen molar-refractivity contribution < 1.29 is 0 Å². The van der Waals surface area contributed by atoms with Crippen LogP contribution in [0.3, 0.4) is 0 Å². The molecule has 0 aliphatic carbocycles. The number of aromatic nitrogens is 2. The highest BCUT2D eigenvalue weighted by Crippen LogP contribution is 2.28. The lowest BCUT2D eigenvalue weighted by molar-refractivity contribution is 1.28. The van der Waals surface area contributed by atoms with Gasteiger partial charge in [0.25, 0.3) is 5.56 Å². The van der Waals surface area contributed by atoms with E-state index in [1.54, 1.807) is 11.3 Å². The molecule has 4 rings (SSSR count). The van der Waals surface area contributed by atoms with Crippen molar-refractivity contribution in [2.24, 2.45) is 0 Å². The Hall–Kier alpha value is -2.72. The third kappa shape index (κ3) is 2.58. The van der Waals surface area contributed by atoms with Crippen LogP contribution in [-0.4, -0.2) is 9.97 Å². The Morgan fingerprint density at radius 3 is 2.65 bits per heavy atom. The molecule has 0 aliphatic rings.